The van der Waals surface area contributed by atoms with Gasteiger partial charge in [-0.25, -0.2) is 4.79 Å². The Kier molecular flexibility index (Phi) is 3.21. The third-order valence-electron chi connectivity index (χ3n) is 4.40. The smallest absolute Gasteiger partial charge is 0.276 e. The molecule has 4 amide bonds. The van der Waals surface area contributed by atoms with Crippen LogP contribution in [-0.4, -0.2) is 36.0 Å². The first-order chi connectivity index (χ1) is 13.0. The summed E-state index contributed by atoms with van der Waals surface area (Å²) in [6, 6.07) is 3.09. The Morgan fingerprint density at radius 1 is 1.35 bits per heavy atom. The molecule has 0 aliphatic carbocycles. The lowest BCUT2D eigenvalue weighted by Gasteiger charge is -2.37. The predicted molar refractivity (Wildman–Crippen MR) is 81.8 cm³/mol. The molecule has 26 heavy (non-hydrogen) atoms. The fourth-order valence-electron chi connectivity index (χ4n) is 2.87. The lowest BCUT2D eigenvalue weighted by molar-refractivity contribution is -0.166. The quantitative estimate of drug-likeness (QED) is 0.652. The molecule has 1 saturated heterocycles. The first-order valence-electron chi connectivity index (χ1n) is 8.37. The molecule has 0 bridgehead atoms. The third kappa shape index (κ3) is 2.25. The van der Waals surface area contributed by atoms with Gasteiger partial charge in [-0.15, -0.1) is 16.8 Å². The summed E-state index contributed by atoms with van der Waals surface area (Å²) in [4.78, 5) is 37.9. The molecule has 10 heteroatoms. The number of likely N-dealkylation sites (N-methyl/N-ethyl adjacent to an activating group) is 1. The first kappa shape index (κ1) is 15.2. The molecule has 0 aromatic heterocycles. The monoisotopic (exact) mass is 370 g/mol. The molecule has 1 atom stereocenters. The molecule has 2 heterocycles. The molecular formula is C16H13F3N4O3. The number of rotatable bonds is 4. The second-order valence-corrected chi connectivity index (χ2v) is 5.86. The molecule has 0 spiro atoms. The molecule has 1 fully saturated rings. The number of alkyl halides is 3. The van der Waals surface area contributed by atoms with E-state index in [-0.39, 0.29) is 5.56 Å². The minimum absolute atomic E-state index is 0.167. The maximum atomic E-state index is 13.3. The van der Waals surface area contributed by atoms with Gasteiger partial charge >= 0.3 is 17.9 Å². The van der Waals surface area contributed by atoms with Gasteiger partial charge in [-0.3, -0.25) is 19.8 Å². The van der Waals surface area contributed by atoms with Crippen molar-refractivity contribution in [2.75, 3.05) is 7.05 Å². The molecule has 2 aliphatic heterocycles. The molecule has 136 valence electrons. The van der Waals surface area contributed by atoms with E-state index in [4.69, 9.17) is 2.74 Å². The van der Waals surface area contributed by atoms with Crippen LogP contribution in [0.25, 0.3) is 0 Å². The number of barbiturate groups is 1. The van der Waals surface area contributed by atoms with Crippen molar-refractivity contribution >= 4 is 17.8 Å². The van der Waals surface area contributed by atoms with Crippen LogP contribution < -0.4 is 5.32 Å². The van der Waals surface area contributed by atoms with E-state index >= 15 is 0 Å². The number of imide groups is 2. The minimum Gasteiger partial charge on any atom is -0.276 e. The normalized spacial score (nSPS) is 26.4. The average molecular weight is 370 g/mol. The van der Waals surface area contributed by atoms with Gasteiger partial charge in [0.25, 0.3) is 5.91 Å². The van der Waals surface area contributed by atoms with Gasteiger partial charge in [0.1, 0.15) is 0 Å². The lowest BCUT2D eigenvalue weighted by Crippen LogP contribution is -2.64. The van der Waals surface area contributed by atoms with Crippen molar-refractivity contribution in [3.8, 4) is 0 Å². The van der Waals surface area contributed by atoms with E-state index in [1.165, 1.54) is 12.1 Å². The topological polar surface area (TPSA) is 91.2 Å². The van der Waals surface area contributed by atoms with Gasteiger partial charge in [-0.1, -0.05) is 24.3 Å². The standard InChI is InChI=1S/C16H13F3N4O3/c1-3-7-14(11(24)20-13(26)23(2)12(14)25)9-5-4-6-10(8-9)15(21-22-15)16(17,18)19/h3-6,8H,1,7H2,2H3,(H,20,24,26)/i1T,3T. The Balaban J connectivity index is 2.18. The van der Waals surface area contributed by atoms with Crippen molar-refractivity contribution in [3.63, 3.8) is 0 Å². The number of hydrogen-bond donors (Lipinski definition) is 1. The van der Waals surface area contributed by atoms with E-state index in [0.29, 0.717) is 11.5 Å². The largest absolute Gasteiger partial charge is 0.442 e. The second-order valence-electron chi connectivity index (χ2n) is 5.86. The highest BCUT2D eigenvalue weighted by atomic mass is 19.4. The number of carbonyl (C=O) groups is 3. The van der Waals surface area contributed by atoms with Gasteiger partial charge in [0.15, 0.2) is 5.41 Å². The number of nitrogens with one attached hydrogen (secondary N) is 1. The molecule has 7 nitrogen and oxygen atoms in total. The molecule has 1 N–H and O–H groups in total. The van der Waals surface area contributed by atoms with Crippen molar-refractivity contribution in [2.24, 2.45) is 10.2 Å². The van der Waals surface area contributed by atoms with Crippen molar-refractivity contribution < 1.29 is 30.3 Å². The summed E-state index contributed by atoms with van der Waals surface area (Å²) in [6.07, 6.45) is -5.43. The molecule has 3 rings (SSSR count). The highest BCUT2D eigenvalue weighted by Gasteiger charge is 2.65. The average Bonchev–Trinajstić information content (AvgIpc) is 3.45. The summed E-state index contributed by atoms with van der Waals surface area (Å²) in [5.74, 6) is -2.11. The summed E-state index contributed by atoms with van der Waals surface area (Å²) in [7, 11) is 1.10. The van der Waals surface area contributed by atoms with Crippen molar-refractivity contribution in [1.82, 2.24) is 10.2 Å². The van der Waals surface area contributed by atoms with Crippen molar-refractivity contribution in [3.05, 3.63) is 48.0 Å². The van der Waals surface area contributed by atoms with E-state index < -0.39 is 53.1 Å². The fourth-order valence-corrected chi connectivity index (χ4v) is 2.87. The number of hydrogen-bond acceptors (Lipinski definition) is 5. The molecule has 2 aliphatic rings. The second kappa shape index (κ2) is 5.48. The van der Waals surface area contributed by atoms with Crippen LogP contribution in [-0.2, 0) is 20.7 Å². The Bertz CT molecular complexity index is 941. The number of urea groups is 1. The number of amides is 4. The molecule has 0 radical (unpaired) electrons. The predicted octanol–water partition coefficient (Wildman–Crippen LogP) is 2.39. The first-order valence-corrected chi connectivity index (χ1v) is 7.29. The van der Waals surface area contributed by atoms with Crippen LogP contribution in [0.2, 0.25) is 0 Å². The molecule has 1 aromatic carbocycles. The maximum absolute atomic E-state index is 13.3. The van der Waals surface area contributed by atoms with Crippen LogP contribution in [0.4, 0.5) is 18.0 Å². The van der Waals surface area contributed by atoms with Crippen LogP contribution in [0.1, 0.15) is 20.3 Å². The number of nitrogens with zero attached hydrogens (tertiary/aromatic N) is 3. The van der Waals surface area contributed by atoms with Gasteiger partial charge < -0.3 is 0 Å². The van der Waals surface area contributed by atoms with E-state index in [1.807, 2.05) is 5.32 Å². The molecule has 0 saturated carbocycles. The summed E-state index contributed by atoms with van der Waals surface area (Å²) >= 11 is 0. The van der Waals surface area contributed by atoms with Gasteiger partial charge in [-0.2, -0.15) is 13.2 Å². The number of benzene rings is 1. The molecule has 1 aromatic rings. The molecule has 1 unspecified atom stereocenters. The third-order valence-corrected chi connectivity index (χ3v) is 4.40. The zero-order valence-electron chi connectivity index (χ0n) is 15.3. The highest BCUT2D eigenvalue weighted by molar-refractivity contribution is 6.22. The SMILES string of the molecule is [3H]C=C([3H])CC1(c2cccc(C3(C(F)(F)F)N=N3)c2)C(=O)NC(=O)N(C)C1=O. The Labute approximate surface area is 148 Å². The van der Waals surface area contributed by atoms with Gasteiger partial charge in [0.05, 0.1) is 2.74 Å². The summed E-state index contributed by atoms with van der Waals surface area (Å²) < 4.78 is 54.9. The summed E-state index contributed by atoms with van der Waals surface area (Å²) in [6.45, 7) is 0.603. The minimum atomic E-state index is -4.81. The number of halogens is 3. The summed E-state index contributed by atoms with van der Waals surface area (Å²) in [5.41, 5.74) is -5.53. The highest BCUT2D eigenvalue weighted by Crippen LogP contribution is 2.52. The van der Waals surface area contributed by atoms with Gasteiger partial charge in [-0.05, 0) is 18.1 Å². The van der Waals surface area contributed by atoms with E-state index in [9.17, 15) is 27.6 Å². The Hall–Kier alpha value is -3.04. The zero-order chi connectivity index (χ0) is 20.9. The lowest BCUT2D eigenvalue weighted by atomic mass is 9.73. The Morgan fingerprint density at radius 3 is 2.58 bits per heavy atom. The van der Waals surface area contributed by atoms with E-state index in [2.05, 4.69) is 10.2 Å². The maximum Gasteiger partial charge on any atom is 0.442 e. The van der Waals surface area contributed by atoms with Gasteiger partial charge in [0, 0.05) is 12.6 Å². The van der Waals surface area contributed by atoms with Crippen LogP contribution in [0.5, 0.6) is 0 Å². The van der Waals surface area contributed by atoms with E-state index in [1.54, 1.807) is 0 Å². The van der Waals surface area contributed by atoms with Crippen LogP contribution in [0.15, 0.2) is 47.1 Å². The van der Waals surface area contributed by atoms with Crippen molar-refractivity contribution in [1.29, 1.82) is 0 Å². The van der Waals surface area contributed by atoms with Crippen LogP contribution in [0, 0.1) is 0 Å². The van der Waals surface area contributed by atoms with Crippen LogP contribution in [0.3, 0.4) is 0 Å². The van der Waals surface area contributed by atoms with E-state index in [0.717, 1.165) is 19.2 Å². The number of allylic oxidation sites excluding steroid dienone is 1. The fraction of sp³-hybridized carbons (Fsp3) is 0.312. The van der Waals surface area contributed by atoms with Gasteiger partial charge in [0.2, 0.25) is 5.91 Å². The Morgan fingerprint density at radius 2 is 2.00 bits per heavy atom. The summed E-state index contributed by atoms with van der Waals surface area (Å²) in [5, 5.41) is 8.16. The van der Waals surface area contributed by atoms with Crippen molar-refractivity contribution in [2.45, 2.75) is 23.7 Å². The number of carbonyl (C=O) groups excluding carboxylic acids is 3. The van der Waals surface area contributed by atoms with Crippen LogP contribution >= 0.6 is 0 Å². The zero-order valence-corrected chi connectivity index (χ0v) is 13.3. The molecular weight excluding hydrogens is 353 g/mol.